The highest BCUT2D eigenvalue weighted by molar-refractivity contribution is 5.90. The molecular weight excluding hydrogens is 284 g/mol. The Morgan fingerprint density at radius 3 is 2.45 bits per heavy atom. The van der Waals surface area contributed by atoms with Crippen LogP contribution < -0.4 is 0 Å². The second-order valence-corrected chi connectivity index (χ2v) is 6.00. The van der Waals surface area contributed by atoms with E-state index in [9.17, 15) is 9.59 Å². The summed E-state index contributed by atoms with van der Waals surface area (Å²) in [6, 6.07) is 2.89. The molecule has 0 saturated carbocycles. The predicted molar refractivity (Wildman–Crippen MR) is 81.0 cm³/mol. The van der Waals surface area contributed by atoms with Crippen molar-refractivity contribution in [2.75, 3.05) is 13.7 Å². The Labute approximate surface area is 129 Å². The second-order valence-electron chi connectivity index (χ2n) is 6.00. The number of nitrogens with zero attached hydrogens (tertiary/aromatic N) is 2. The van der Waals surface area contributed by atoms with E-state index in [0.717, 1.165) is 11.1 Å². The van der Waals surface area contributed by atoms with Crippen LogP contribution in [0.25, 0.3) is 5.57 Å². The summed E-state index contributed by atoms with van der Waals surface area (Å²) < 4.78 is 10.1. The molecule has 1 amide bonds. The highest BCUT2D eigenvalue weighted by Crippen LogP contribution is 2.27. The van der Waals surface area contributed by atoms with Gasteiger partial charge in [-0.05, 0) is 50.1 Å². The van der Waals surface area contributed by atoms with Gasteiger partial charge in [0.15, 0.2) is 6.04 Å². The number of carbonyl (C=O) groups is 2. The normalized spacial score (nSPS) is 17.9. The summed E-state index contributed by atoms with van der Waals surface area (Å²) in [7, 11) is 1.30. The molecular formula is C16H20N2O4. The molecule has 0 spiro atoms. The third-order valence-electron chi connectivity index (χ3n) is 3.16. The predicted octanol–water partition coefficient (Wildman–Crippen LogP) is 2.26. The molecule has 1 aliphatic rings. The van der Waals surface area contributed by atoms with Crippen LogP contribution in [0.3, 0.4) is 0 Å². The number of hydrogen-bond acceptors (Lipinski definition) is 5. The van der Waals surface area contributed by atoms with Crippen LogP contribution >= 0.6 is 0 Å². The third-order valence-corrected chi connectivity index (χ3v) is 3.16. The number of aromatic nitrogens is 1. The highest BCUT2D eigenvalue weighted by Gasteiger charge is 2.37. The molecule has 118 valence electrons. The van der Waals surface area contributed by atoms with Crippen LogP contribution in [0.1, 0.15) is 26.3 Å². The maximum absolute atomic E-state index is 12.3. The Bertz CT molecular complexity index is 590. The molecule has 0 aromatic carbocycles. The second kappa shape index (κ2) is 6.17. The molecule has 0 unspecified atom stereocenters. The number of ether oxygens (including phenoxy) is 2. The van der Waals surface area contributed by atoms with Crippen molar-refractivity contribution in [3.63, 3.8) is 0 Å². The summed E-state index contributed by atoms with van der Waals surface area (Å²) in [5.41, 5.74) is 1.15. The first-order chi connectivity index (χ1) is 10.3. The van der Waals surface area contributed by atoms with E-state index in [0.29, 0.717) is 6.54 Å². The minimum Gasteiger partial charge on any atom is -0.467 e. The zero-order valence-electron chi connectivity index (χ0n) is 13.2. The van der Waals surface area contributed by atoms with E-state index >= 15 is 0 Å². The van der Waals surface area contributed by atoms with Crippen molar-refractivity contribution in [1.82, 2.24) is 9.88 Å². The largest absolute Gasteiger partial charge is 0.467 e. The zero-order valence-corrected chi connectivity index (χ0v) is 13.2. The van der Waals surface area contributed by atoms with E-state index < -0.39 is 23.7 Å². The quantitative estimate of drug-likeness (QED) is 0.784. The summed E-state index contributed by atoms with van der Waals surface area (Å²) in [6.07, 6.45) is 4.52. The smallest absolute Gasteiger partial charge is 0.411 e. The summed E-state index contributed by atoms with van der Waals surface area (Å²) in [5, 5.41) is 0. The fourth-order valence-corrected chi connectivity index (χ4v) is 2.18. The number of hydrogen-bond donors (Lipinski definition) is 0. The van der Waals surface area contributed by atoms with Gasteiger partial charge < -0.3 is 9.47 Å². The van der Waals surface area contributed by atoms with Gasteiger partial charge in [0, 0.05) is 12.4 Å². The molecule has 6 nitrogen and oxygen atoms in total. The highest BCUT2D eigenvalue weighted by atomic mass is 16.6. The van der Waals surface area contributed by atoms with E-state index in [1.165, 1.54) is 12.0 Å². The van der Waals surface area contributed by atoms with E-state index in [1.54, 1.807) is 39.2 Å². The fourth-order valence-electron chi connectivity index (χ4n) is 2.18. The van der Waals surface area contributed by atoms with Gasteiger partial charge in [-0.25, -0.2) is 9.59 Å². The molecule has 1 atom stereocenters. The molecule has 0 fully saturated rings. The van der Waals surface area contributed by atoms with Gasteiger partial charge in [0.05, 0.1) is 13.7 Å². The van der Waals surface area contributed by atoms with Crippen LogP contribution in [0.15, 0.2) is 30.6 Å². The topological polar surface area (TPSA) is 68.7 Å². The Morgan fingerprint density at radius 1 is 1.27 bits per heavy atom. The van der Waals surface area contributed by atoms with Crippen molar-refractivity contribution in [1.29, 1.82) is 0 Å². The first kappa shape index (κ1) is 16.0. The van der Waals surface area contributed by atoms with E-state index in [2.05, 4.69) is 4.98 Å². The average molecular weight is 304 g/mol. The minimum absolute atomic E-state index is 0.290. The molecule has 1 aromatic heterocycles. The molecule has 6 heteroatoms. The van der Waals surface area contributed by atoms with Gasteiger partial charge in [-0.3, -0.25) is 9.88 Å². The fraction of sp³-hybridized carbons (Fsp3) is 0.438. The van der Waals surface area contributed by atoms with Gasteiger partial charge in [-0.2, -0.15) is 0 Å². The van der Waals surface area contributed by atoms with Crippen molar-refractivity contribution < 1.29 is 19.1 Å². The summed E-state index contributed by atoms with van der Waals surface area (Å²) in [5.74, 6) is -0.491. The Kier molecular flexibility index (Phi) is 4.49. The van der Waals surface area contributed by atoms with E-state index in [1.807, 2.05) is 12.1 Å². The molecule has 0 radical (unpaired) electrons. The standard InChI is InChI=1S/C16H20N2O4/c1-16(2,3)22-15(20)18-10-12(9-13(18)14(19)21-4)11-5-7-17-8-6-11/h5-9,13H,10H2,1-4H3/t13-/m1/s1. The first-order valence-electron chi connectivity index (χ1n) is 7.00. The van der Waals surface area contributed by atoms with Gasteiger partial charge in [0.1, 0.15) is 5.60 Å². The van der Waals surface area contributed by atoms with Crippen LogP contribution in [0.2, 0.25) is 0 Å². The van der Waals surface area contributed by atoms with Crippen LogP contribution in [-0.2, 0) is 14.3 Å². The maximum Gasteiger partial charge on any atom is 0.411 e. The Hall–Kier alpha value is -2.37. The average Bonchev–Trinajstić information content (AvgIpc) is 2.91. The maximum atomic E-state index is 12.3. The van der Waals surface area contributed by atoms with Crippen molar-refractivity contribution in [2.24, 2.45) is 0 Å². The SMILES string of the molecule is COC(=O)[C@H]1C=C(c2ccncc2)CN1C(=O)OC(C)(C)C. The molecule has 0 aliphatic carbocycles. The van der Waals surface area contributed by atoms with Gasteiger partial charge in [0.2, 0.25) is 0 Å². The number of rotatable bonds is 2. The summed E-state index contributed by atoms with van der Waals surface area (Å²) in [4.78, 5) is 29.6. The lowest BCUT2D eigenvalue weighted by Crippen LogP contribution is -2.44. The lowest BCUT2D eigenvalue weighted by molar-refractivity contribution is -0.144. The molecule has 2 rings (SSSR count). The van der Waals surface area contributed by atoms with Crippen LogP contribution in [0.4, 0.5) is 4.79 Å². The molecule has 0 N–H and O–H groups in total. The van der Waals surface area contributed by atoms with E-state index in [-0.39, 0.29) is 0 Å². The summed E-state index contributed by atoms with van der Waals surface area (Å²) in [6.45, 7) is 5.64. The number of methoxy groups -OCH3 is 1. The number of pyridine rings is 1. The zero-order chi connectivity index (χ0) is 16.3. The Balaban J connectivity index is 2.25. The molecule has 0 bridgehead atoms. The lowest BCUT2D eigenvalue weighted by Gasteiger charge is -2.27. The number of amides is 1. The van der Waals surface area contributed by atoms with Crippen molar-refractivity contribution >= 4 is 17.6 Å². The number of carbonyl (C=O) groups excluding carboxylic acids is 2. The lowest BCUT2D eigenvalue weighted by atomic mass is 10.1. The van der Waals surface area contributed by atoms with Gasteiger partial charge in [-0.15, -0.1) is 0 Å². The summed E-state index contributed by atoms with van der Waals surface area (Å²) >= 11 is 0. The van der Waals surface area contributed by atoms with Crippen molar-refractivity contribution in [3.05, 3.63) is 36.2 Å². The van der Waals surface area contributed by atoms with Crippen LogP contribution in [0.5, 0.6) is 0 Å². The molecule has 2 heterocycles. The van der Waals surface area contributed by atoms with Crippen LogP contribution in [-0.4, -0.2) is 47.2 Å². The molecule has 1 aliphatic heterocycles. The number of esters is 1. The van der Waals surface area contributed by atoms with E-state index in [4.69, 9.17) is 9.47 Å². The monoisotopic (exact) mass is 304 g/mol. The molecule has 1 aromatic rings. The third kappa shape index (κ3) is 3.63. The first-order valence-corrected chi connectivity index (χ1v) is 7.00. The minimum atomic E-state index is -0.775. The van der Waals surface area contributed by atoms with Gasteiger partial charge in [-0.1, -0.05) is 0 Å². The van der Waals surface area contributed by atoms with Crippen LogP contribution in [0, 0.1) is 0 Å². The van der Waals surface area contributed by atoms with Crippen molar-refractivity contribution in [3.8, 4) is 0 Å². The van der Waals surface area contributed by atoms with Gasteiger partial charge in [0.25, 0.3) is 0 Å². The Morgan fingerprint density at radius 2 is 1.91 bits per heavy atom. The molecule has 0 saturated heterocycles. The van der Waals surface area contributed by atoms with Gasteiger partial charge >= 0.3 is 12.1 Å². The van der Waals surface area contributed by atoms with Crippen molar-refractivity contribution in [2.45, 2.75) is 32.4 Å². The molecule has 22 heavy (non-hydrogen) atoms.